The van der Waals surface area contributed by atoms with E-state index in [0.717, 1.165) is 23.4 Å². The van der Waals surface area contributed by atoms with Crippen molar-refractivity contribution in [1.29, 1.82) is 0 Å². The third kappa shape index (κ3) is 11.5. The lowest BCUT2D eigenvalue weighted by Gasteiger charge is -2.37. The average molecular weight is 1110 g/mol. The number of benzene rings is 4. The molecule has 4 aromatic carbocycles. The molecule has 418 valence electrons. The number of aromatic nitrogens is 3. The van der Waals surface area contributed by atoms with E-state index in [2.05, 4.69) is 36.4 Å². The number of carbonyl (C=O) groups is 4. The first-order valence-electron chi connectivity index (χ1n) is 25.6. The van der Waals surface area contributed by atoms with E-state index >= 15 is 0 Å². The van der Waals surface area contributed by atoms with Crippen LogP contribution in [-0.2, 0) is 42.8 Å². The molecule has 10 rings (SSSR count). The third-order valence-corrected chi connectivity index (χ3v) is 14.7. The Balaban J connectivity index is 0.969. The highest BCUT2D eigenvalue weighted by Crippen LogP contribution is 2.48. The van der Waals surface area contributed by atoms with Gasteiger partial charge in [-0.05, 0) is 170 Å². The van der Waals surface area contributed by atoms with Crippen LogP contribution in [0.3, 0.4) is 0 Å². The van der Waals surface area contributed by atoms with Crippen LogP contribution in [0.4, 0.5) is 49.1 Å². The lowest BCUT2D eigenvalue weighted by molar-refractivity contribution is -0.138. The van der Waals surface area contributed by atoms with E-state index in [1.54, 1.807) is 49.4 Å². The van der Waals surface area contributed by atoms with Crippen molar-refractivity contribution in [3.8, 4) is 33.8 Å². The summed E-state index contributed by atoms with van der Waals surface area (Å²) >= 11 is 0. The molecule has 2 atom stereocenters. The quantitative estimate of drug-likeness (QED) is 0.0680. The zero-order valence-corrected chi connectivity index (χ0v) is 43.3. The molecule has 2 unspecified atom stereocenters. The van der Waals surface area contributed by atoms with Crippen molar-refractivity contribution in [2.24, 2.45) is 0 Å². The Kier molecular flexibility index (Phi) is 15.2. The summed E-state index contributed by atoms with van der Waals surface area (Å²) in [6.45, 7) is 5.59. The summed E-state index contributed by atoms with van der Waals surface area (Å²) in [4.78, 5) is 58.2. The number of hydrogen-bond acceptors (Lipinski definition) is 13. The molecule has 4 amide bonds. The highest BCUT2D eigenvalue weighted by atomic mass is 19.4. The average Bonchev–Trinajstić information content (AvgIpc) is 3.62. The number of hydrogen-bond donors (Lipinski definition) is 5. The van der Waals surface area contributed by atoms with Crippen LogP contribution < -0.4 is 30.7 Å². The maximum Gasteiger partial charge on any atom is 0.418 e. The normalized spacial score (nSPS) is 19.6. The second kappa shape index (κ2) is 21.9. The molecule has 80 heavy (non-hydrogen) atoms. The number of aliphatic hydroxyl groups excluding tert-OH is 1. The summed E-state index contributed by atoms with van der Waals surface area (Å²) in [6.07, 6.45) is -5.58. The number of carbonyl (C=O) groups excluding carboxylic acids is 4. The van der Waals surface area contributed by atoms with Gasteiger partial charge < -0.3 is 50.1 Å². The number of aliphatic hydroxyl groups is 1. The number of anilines is 4. The molecular weight excluding hydrogens is 1060 g/mol. The van der Waals surface area contributed by atoms with Gasteiger partial charge >= 0.3 is 12.4 Å². The number of ether oxygens (including phenoxy) is 5. The number of rotatable bonds is 13. The summed E-state index contributed by atoms with van der Waals surface area (Å²) in [5.41, 5.74) is -0.125. The minimum absolute atomic E-state index is 0.0594. The predicted octanol–water partition coefficient (Wildman–Crippen LogP) is 10.2. The second-order valence-corrected chi connectivity index (χ2v) is 20.4. The van der Waals surface area contributed by atoms with E-state index in [9.17, 15) is 50.6 Å². The maximum atomic E-state index is 14.3. The van der Waals surface area contributed by atoms with E-state index < -0.39 is 76.3 Å². The molecule has 23 heteroatoms. The van der Waals surface area contributed by atoms with Gasteiger partial charge in [-0.3, -0.25) is 24.2 Å². The Morgan fingerprint density at radius 2 is 1.21 bits per heavy atom. The highest BCUT2D eigenvalue weighted by Gasteiger charge is 2.44. The Labute approximate surface area is 453 Å². The molecule has 0 spiro atoms. The van der Waals surface area contributed by atoms with Crippen molar-refractivity contribution < 1.29 is 74.3 Å². The van der Waals surface area contributed by atoms with Gasteiger partial charge in [0.05, 0.1) is 48.5 Å². The van der Waals surface area contributed by atoms with Crippen molar-refractivity contribution in [1.82, 2.24) is 15.2 Å². The molecule has 4 aliphatic rings. The summed E-state index contributed by atoms with van der Waals surface area (Å²) in [7, 11) is 0. The van der Waals surface area contributed by atoms with Gasteiger partial charge in [0, 0.05) is 44.0 Å². The summed E-state index contributed by atoms with van der Waals surface area (Å²) < 4.78 is 112. The number of aryl methyl sites for hydroxylation is 1. The predicted molar refractivity (Wildman–Crippen MR) is 278 cm³/mol. The fourth-order valence-corrected chi connectivity index (χ4v) is 10.1. The van der Waals surface area contributed by atoms with E-state index in [0.29, 0.717) is 121 Å². The molecule has 2 saturated heterocycles. The first-order valence-corrected chi connectivity index (χ1v) is 25.6. The zero-order chi connectivity index (χ0) is 56.7. The van der Waals surface area contributed by atoms with Crippen LogP contribution >= 0.6 is 0 Å². The van der Waals surface area contributed by atoms with Gasteiger partial charge in [0.2, 0.25) is 11.2 Å². The Bertz CT molecular complexity index is 3420. The third-order valence-electron chi connectivity index (χ3n) is 14.7. The molecule has 0 saturated carbocycles. The number of alkyl halides is 6. The molecule has 17 nitrogen and oxygen atoms in total. The summed E-state index contributed by atoms with van der Waals surface area (Å²) in [5.74, 6) is -2.48. The van der Waals surface area contributed by atoms with E-state index in [-0.39, 0.29) is 42.2 Å². The minimum Gasteiger partial charge on any atom is -0.473 e. The van der Waals surface area contributed by atoms with Crippen LogP contribution in [0.1, 0.15) is 106 Å². The van der Waals surface area contributed by atoms with Crippen molar-refractivity contribution in [3.63, 3.8) is 0 Å². The standard InChI is InChI=1S/C57H53F6N7O10/c1-30-4-6-38(66-50(72)44-22-36(8-13-64-44)56(58,59)60)24-40(30)34-18-42(31-9-14-76-15-10-31)49-47(20-34)80-55(3,53(75)69-49)29-78-27-33-5-7-39(67-51(73)45-23-37(26-65-70-45)57(61,62)63)25-41(33)35-19-43(32-11-16-77-17-12-32)48-46(21-35)79-54(2,28-71)52(74)68-48/h4-8,13,18-26,31-32,71H,9-12,14-17,27-29H2,1-3H3,(H,66,72)(H,67,73)(H,68,74)(H,69,75). The topological polar surface area (TPSA) is 221 Å². The molecule has 0 radical (unpaired) electrons. The lowest BCUT2D eigenvalue weighted by Crippen LogP contribution is -2.52. The van der Waals surface area contributed by atoms with Gasteiger partial charge in [-0.25, -0.2) is 0 Å². The van der Waals surface area contributed by atoms with E-state index in [1.165, 1.54) is 13.0 Å². The summed E-state index contributed by atoms with van der Waals surface area (Å²) in [5, 5.41) is 28.6. The molecule has 4 aliphatic heterocycles. The van der Waals surface area contributed by atoms with Gasteiger partial charge in [-0.2, -0.15) is 31.4 Å². The first kappa shape index (κ1) is 55.3. The number of amides is 4. The first-order chi connectivity index (χ1) is 38.1. The fourth-order valence-electron chi connectivity index (χ4n) is 10.1. The van der Waals surface area contributed by atoms with Gasteiger partial charge in [0.15, 0.2) is 5.69 Å². The molecule has 6 heterocycles. The number of pyridine rings is 1. The van der Waals surface area contributed by atoms with E-state index in [1.807, 2.05) is 19.1 Å². The number of nitrogens with one attached hydrogen (secondary N) is 4. The molecule has 2 fully saturated rings. The number of fused-ring (bicyclic) bond motifs is 2. The molecule has 0 aliphatic carbocycles. The lowest BCUT2D eigenvalue weighted by atomic mass is 9.86. The maximum absolute atomic E-state index is 14.3. The van der Waals surface area contributed by atoms with Crippen molar-refractivity contribution >= 4 is 46.4 Å². The molecule has 6 aromatic rings. The van der Waals surface area contributed by atoms with Gasteiger partial charge in [-0.1, -0.05) is 12.1 Å². The largest absolute Gasteiger partial charge is 0.473 e. The Morgan fingerprint density at radius 3 is 1.80 bits per heavy atom. The second-order valence-electron chi connectivity index (χ2n) is 20.4. The monoisotopic (exact) mass is 1110 g/mol. The number of nitrogens with zero attached hydrogens (tertiary/aromatic N) is 3. The van der Waals surface area contributed by atoms with Crippen LogP contribution in [0.25, 0.3) is 22.3 Å². The van der Waals surface area contributed by atoms with Crippen LogP contribution in [0.15, 0.2) is 91.3 Å². The summed E-state index contributed by atoms with van der Waals surface area (Å²) in [6, 6.07) is 19.1. The van der Waals surface area contributed by atoms with Crippen molar-refractivity contribution in [3.05, 3.63) is 136 Å². The zero-order valence-electron chi connectivity index (χ0n) is 43.3. The van der Waals surface area contributed by atoms with Gasteiger partial charge in [0.1, 0.15) is 17.2 Å². The molecule has 2 aromatic heterocycles. The highest BCUT2D eigenvalue weighted by molar-refractivity contribution is 6.05. The molecular formula is C57H53F6N7O10. The van der Waals surface area contributed by atoms with Crippen LogP contribution in [0.5, 0.6) is 11.5 Å². The van der Waals surface area contributed by atoms with Crippen molar-refractivity contribution in [2.45, 2.75) is 88.5 Å². The van der Waals surface area contributed by atoms with Crippen molar-refractivity contribution in [2.75, 3.05) is 60.9 Å². The van der Waals surface area contributed by atoms with Crippen LogP contribution in [-0.4, -0.2) is 94.8 Å². The van der Waals surface area contributed by atoms with Crippen LogP contribution in [0, 0.1) is 6.92 Å². The van der Waals surface area contributed by atoms with Crippen LogP contribution in [0.2, 0.25) is 0 Å². The minimum atomic E-state index is -4.79. The molecule has 5 N–H and O–H groups in total. The van der Waals surface area contributed by atoms with Gasteiger partial charge in [-0.15, -0.1) is 5.10 Å². The SMILES string of the molecule is Cc1ccc(NC(=O)c2cc(C(F)(F)F)ccn2)cc1-c1cc2c(c(C3CCOCC3)c1)NC(=O)C(C)(COCc1ccc(NC(=O)c3cc(C(F)(F)F)cnn3)cc1-c1cc3c(c(C4CCOCC4)c1)NC(=O)C(C)(CO)O3)O2. The number of halogens is 6. The Hall–Kier alpha value is -7.99. The van der Waals surface area contributed by atoms with Gasteiger partial charge in [0.25, 0.3) is 23.6 Å². The fraction of sp³-hybridized carbons (Fsp3) is 0.351. The van der Waals surface area contributed by atoms with E-state index in [4.69, 9.17) is 23.7 Å². The smallest absolute Gasteiger partial charge is 0.418 e. The molecule has 0 bridgehead atoms. The Morgan fingerprint density at radius 1 is 0.688 bits per heavy atom.